The summed E-state index contributed by atoms with van der Waals surface area (Å²) in [6.45, 7) is 11.1. The van der Waals surface area contributed by atoms with E-state index in [-0.39, 0.29) is 11.2 Å². The highest BCUT2D eigenvalue weighted by Crippen LogP contribution is 2.56. The van der Waals surface area contributed by atoms with Gasteiger partial charge in [-0.3, -0.25) is 0 Å². The Bertz CT molecular complexity index is 434. The predicted octanol–water partition coefficient (Wildman–Crippen LogP) is 3.55. The largest absolute Gasteiger partial charge is 0.381 e. The van der Waals surface area contributed by atoms with Gasteiger partial charge in [-0.2, -0.15) is 0 Å². The standard InChI is InChI=1S/C18H30O3/c1-16(2)8-13(18(4)15(9-16)21-18)11-19-10-12-5-6-17(3)14(7-12)20-17/h12-15H,5-11H2,1-4H3. The summed E-state index contributed by atoms with van der Waals surface area (Å²) >= 11 is 0. The van der Waals surface area contributed by atoms with Crippen molar-refractivity contribution in [2.45, 2.75) is 83.2 Å². The van der Waals surface area contributed by atoms with E-state index in [1.165, 1.54) is 32.1 Å². The Morgan fingerprint density at radius 2 is 1.81 bits per heavy atom. The molecule has 2 aliphatic carbocycles. The van der Waals surface area contributed by atoms with Crippen LogP contribution >= 0.6 is 0 Å². The zero-order valence-corrected chi connectivity index (χ0v) is 14.0. The van der Waals surface area contributed by atoms with Gasteiger partial charge in [-0.05, 0) is 57.3 Å². The van der Waals surface area contributed by atoms with E-state index < -0.39 is 0 Å². The highest BCUT2D eigenvalue weighted by atomic mass is 16.6. The molecule has 0 aromatic carbocycles. The Labute approximate surface area is 128 Å². The first-order valence-electron chi connectivity index (χ1n) is 8.74. The maximum absolute atomic E-state index is 6.13. The molecule has 0 N–H and O–H groups in total. The summed E-state index contributed by atoms with van der Waals surface area (Å²) in [6.07, 6.45) is 7.11. The van der Waals surface area contributed by atoms with Crippen LogP contribution in [0.4, 0.5) is 0 Å². The van der Waals surface area contributed by atoms with Crippen LogP contribution in [0.15, 0.2) is 0 Å². The molecule has 6 atom stereocenters. The van der Waals surface area contributed by atoms with Gasteiger partial charge < -0.3 is 14.2 Å². The number of rotatable bonds is 4. The van der Waals surface area contributed by atoms with E-state index >= 15 is 0 Å². The fraction of sp³-hybridized carbons (Fsp3) is 1.00. The molecular formula is C18H30O3. The quantitative estimate of drug-likeness (QED) is 0.744. The van der Waals surface area contributed by atoms with Crippen LogP contribution in [-0.4, -0.2) is 36.6 Å². The Hall–Kier alpha value is -0.120. The monoisotopic (exact) mass is 294 g/mol. The van der Waals surface area contributed by atoms with Gasteiger partial charge in [0.05, 0.1) is 30.0 Å². The number of hydrogen-bond donors (Lipinski definition) is 0. The highest BCUT2D eigenvalue weighted by Gasteiger charge is 2.62. The molecule has 21 heavy (non-hydrogen) atoms. The minimum absolute atomic E-state index is 0.111. The minimum atomic E-state index is 0.111. The summed E-state index contributed by atoms with van der Waals surface area (Å²) < 4.78 is 17.9. The van der Waals surface area contributed by atoms with Crippen molar-refractivity contribution in [1.82, 2.24) is 0 Å². The molecule has 4 fully saturated rings. The van der Waals surface area contributed by atoms with E-state index in [4.69, 9.17) is 14.2 Å². The normalized spacial score (nSPS) is 53.7. The summed E-state index contributed by atoms with van der Waals surface area (Å²) in [5.74, 6) is 1.27. The maximum atomic E-state index is 6.13. The molecule has 6 unspecified atom stereocenters. The Morgan fingerprint density at radius 3 is 2.57 bits per heavy atom. The summed E-state index contributed by atoms with van der Waals surface area (Å²) in [6, 6.07) is 0. The third kappa shape index (κ3) is 2.55. The second-order valence-corrected chi connectivity index (χ2v) is 9.16. The molecule has 2 saturated carbocycles. The van der Waals surface area contributed by atoms with Crippen LogP contribution < -0.4 is 0 Å². The molecular weight excluding hydrogens is 264 g/mol. The maximum Gasteiger partial charge on any atom is 0.0970 e. The van der Waals surface area contributed by atoms with E-state index in [0.717, 1.165) is 13.2 Å². The van der Waals surface area contributed by atoms with Gasteiger partial charge in [0.1, 0.15) is 0 Å². The first kappa shape index (κ1) is 14.5. The lowest BCUT2D eigenvalue weighted by atomic mass is 9.68. The van der Waals surface area contributed by atoms with Gasteiger partial charge in [-0.25, -0.2) is 0 Å². The van der Waals surface area contributed by atoms with Crippen molar-refractivity contribution in [3.63, 3.8) is 0 Å². The summed E-state index contributed by atoms with van der Waals surface area (Å²) in [4.78, 5) is 0. The van der Waals surface area contributed by atoms with Crippen molar-refractivity contribution in [2.24, 2.45) is 17.3 Å². The van der Waals surface area contributed by atoms with Crippen molar-refractivity contribution in [2.75, 3.05) is 13.2 Å². The first-order valence-corrected chi connectivity index (χ1v) is 8.74. The molecule has 0 aromatic heterocycles. The number of fused-ring (bicyclic) bond motifs is 2. The molecule has 4 aliphatic rings. The third-order valence-corrected chi connectivity index (χ3v) is 6.63. The van der Waals surface area contributed by atoms with Gasteiger partial charge in [0.25, 0.3) is 0 Å². The molecule has 120 valence electrons. The molecule has 0 spiro atoms. The number of hydrogen-bond acceptors (Lipinski definition) is 3. The average molecular weight is 294 g/mol. The summed E-state index contributed by atoms with van der Waals surface area (Å²) in [7, 11) is 0. The van der Waals surface area contributed by atoms with Crippen LogP contribution in [0.3, 0.4) is 0 Å². The van der Waals surface area contributed by atoms with Crippen molar-refractivity contribution in [3.05, 3.63) is 0 Å². The Morgan fingerprint density at radius 1 is 1.00 bits per heavy atom. The zero-order valence-electron chi connectivity index (χ0n) is 14.0. The van der Waals surface area contributed by atoms with E-state index in [1.807, 2.05) is 0 Å². The Balaban J connectivity index is 1.25. The van der Waals surface area contributed by atoms with Crippen molar-refractivity contribution >= 4 is 0 Å². The second-order valence-electron chi connectivity index (χ2n) is 9.16. The van der Waals surface area contributed by atoms with Crippen LogP contribution in [0, 0.1) is 17.3 Å². The molecule has 0 radical (unpaired) electrons. The predicted molar refractivity (Wildman–Crippen MR) is 81.2 cm³/mol. The van der Waals surface area contributed by atoms with Crippen molar-refractivity contribution < 1.29 is 14.2 Å². The average Bonchev–Trinajstić information content (AvgIpc) is 3.23. The van der Waals surface area contributed by atoms with Gasteiger partial charge in [-0.15, -0.1) is 0 Å². The SMILES string of the molecule is CC1(C)CC(COCC2CCC3(C)OC3C2)C2(C)OC2C1. The van der Waals surface area contributed by atoms with Gasteiger partial charge in [0.2, 0.25) is 0 Å². The lowest BCUT2D eigenvalue weighted by molar-refractivity contribution is 0.0194. The number of epoxide rings is 2. The molecule has 3 heteroatoms. The smallest absolute Gasteiger partial charge is 0.0970 e. The molecule has 0 bridgehead atoms. The van der Waals surface area contributed by atoms with Crippen LogP contribution in [0.2, 0.25) is 0 Å². The lowest BCUT2D eigenvalue weighted by Crippen LogP contribution is -2.38. The Kier molecular flexibility index (Phi) is 3.07. The molecule has 0 amide bonds. The van der Waals surface area contributed by atoms with Gasteiger partial charge in [0, 0.05) is 12.5 Å². The second kappa shape index (κ2) is 4.46. The summed E-state index contributed by atoms with van der Waals surface area (Å²) in [5.41, 5.74) is 0.746. The van der Waals surface area contributed by atoms with Crippen LogP contribution in [0.25, 0.3) is 0 Å². The third-order valence-electron chi connectivity index (χ3n) is 6.63. The van der Waals surface area contributed by atoms with Gasteiger partial charge in [0.15, 0.2) is 0 Å². The molecule has 0 aromatic rings. The van der Waals surface area contributed by atoms with E-state index in [1.54, 1.807) is 0 Å². The number of ether oxygens (including phenoxy) is 3. The first-order chi connectivity index (χ1) is 9.81. The zero-order chi connectivity index (χ0) is 14.9. The van der Waals surface area contributed by atoms with Crippen LogP contribution in [-0.2, 0) is 14.2 Å². The molecule has 2 saturated heterocycles. The highest BCUT2D eigenvalue weighted by molar-refractivity contribution is 5.10. The van der Waals surface area contributed by atoms with Crippen molar-refractivity contribution in [3.8, 4) is 0 Å². The minimum Gasteiger partial charge on any atom is -0.381 e. The van der Waals surface area contributed by atoms with E-state index in [0.29, 0.717) is 29.5 Å². The fourth-order valence-corrected chi connectivity index (χ4v) is 4.80. The molecule has 2 heterocycles. The van der Waals surface area contributed by atoms with Crippen molar-refractivity contribution in [1.29, 1.82) is 0 Å². The molecule has 2 aliphatic heterocycles. The van der Waals surface area contributed by atoms with Gasteiger partial charge >= 0.3 is 0 Å². The topological polar surface area (TPSA) is 34.3 Å². The van der Waals surface area contributed by atoms with E-state index in [2.05, 4.69) is 27.7 Å². The molecule has 3 nitrogen and oxygen atoms in total. The fourth-order valence-electron chi connectivity index (χ4n) is 4.80. The van der Waals surface area contributed by atoms with E-state index in [9.17, 15) is 0 Å². The van der Waals surface area contributed by atoms with Crippen LogP contribution in [0.1, 0.15) is 59.8 Å². The van der Waals surface area contributed by atoms with Crippen LogP contribution in [0.5, 0.6) is 0 Å². The molecule has 4 rings (SSSR count). The van der Waals surface area contributed by atoms with Gasteiger partial charge in [-0.1, -0.05) is 13.8 Å². The lowest BCUT2D eigenvalue weighted by Gasteiger charge is -2.36. The summed E-state index contributed by atoms with van der Waals surface area (Å²) in [5, 5.41) is 0.